The zero-order valence-corrected chi connectivity index (χ0v) is 53.8. The van der Waals surface area contributed by atoms with Crippen LogP contribution in [0.2, 0.25) is 0 Å². The Hall–Kier alpha value is -7.20. The van der Waals surface area contributed by atoms with E-state index in [-0.39, 0.29) is 108 Å². The summed E-state index contributed by atoms with van der Waals surface area (Å²) in [6.45, 7) is 37.1. The first kappa shape index (κ1) is 49.1. The van der Waals surface area contributed by atoms with Gasteiger partial charge in [0.2, 0.25) is 0 Å². The summed E-state index contributed by atoms with van der Waals surface area (Å²) in [6.07, 6.45) is 3.80. The van der Waals surface area contributed by atoms with E-state index in [1.165, 1.54) is 11.1 Å². The predicted octanol–water partition coefficient (Wildman–Crippen LogP) is 21.5. The summed E-state index contributed by atoms with van der Waals surface area (Å²) in [4.78, 5) is 8.96. The van der Waals surface area contributed by atoms with Gasteiger partial charge >= 0.3 is 0 Å². The molecule has 5 nitrogen and oxygen atoms in total. The average Bonchev–Trinajstić information content (AvgIpc) is 1.29. The van der Waals surface area contributed by atoms with E-state index >= 15 is 0 Å². The smallest absolute Gasteiger partial charge is 0.135 e. The number of anilines is 4. The molecule has 0 amide bonds. The SMILES string of the molecule is [2H]c1c([2H])c(-c2cc(C(C)(C)C)cc(-c3ccc4c(c3)C(C)(C)CCC4(C)C)c2N2[CH-]N(c3[c-]c(Oc4[c-]c5c(cc4)c4c([2H])c([2H])c([2H])c([2H])c4n5-c4cc(C(C)(C)C)ccn4)ccc3)c3ccccc32)c([2H])c([2H])c1-c1ccc(C(C)(C)C)cc1C(C)(C)C.[Pt]. The summed E-state index contributed by atoms with van der Waals surface area (Å²) in [6, 6.07) is 44.3. The second kappa shape index (κ2) is 21.1. The Morgan fingerprint density at radius 2 is 1.13 bits per heavy atom. The van der Waals surface area contributed by atoms with Gasteiger partial charge in [0.25, 0.3) is 0 Å². The molecule has 2 aliphatic rings. The molecule has 84 heavy (non-hydrogen) atoms. The minimum atomic E-state index is -0.418. The summed E-state index contributed by atoms with van der Waals surface area (Å²) in [5.41, 5.74) is 12.6. The fourth-order valence-corrected chi connectivity index (χ4v) is 12.1. The van der Waals surface area contributed by atoms with Crippen LogP contribution in [0.3, 0.4) is 0 Å². The van der Waals surface area contributed by atoms with Crippen molar-refractivity contribution >= 4 is 44.6 Å². The van der Waals surface area contributed by atoms with Gasteiger partial charge in [0, 0.05) is 72.5 Å². The van der Waals surface area contributed by atoms with Crippen LogP contribution < -0.4 is 14.5 Å². The normalized spacial score (nSPS) is 16.4. The van der Waals surface area contributed by atoms with Crippen molar-refractivity contribution in [3.8, 4) is 50.7 Å². The van der Waals surface area contributed by atoms with Crippen molar-refractivity contribution in [3.63, 3.8) is 0 Å². The monoisotopic (exact) mass is 1290 g/mol. The van der Waals surface area contributed by atoms with Crippen LogP contribution in [-0.4, -0.2) is 9.55 Å². The standard InChI is InChI=1S/C78H81N4O.Pt/c1-73(2,3)53-33-35-59(65(45-53)76(10,11)12)50-28-30-51(31-29-50)62-43-55(75(7,8)9)44-63(52-32-37-64-66(42-52)78(15,16)40-39-77(64,13)14)72(62)81-49-80(68-26-19-20-27-69(68)81)56-22-21-23-57(47-56)83-58-34-36-61-60-24-17-18-25-67(60)82(70(61)48-58)71-46-54(38-41-79-71)74(4,5)6;/h17-38,41-46,49H,39-40H2,1-16H3;/q-3;/i17D,18D,24D,25D,28D,29D,30D,31D;. The number of fused-ring (bicyclic) bond motifs is 5. The summed E-state index contributed by atoms with van der Waals surface area (Å²) in [5.74, 6) is 1.18. The third-order valence-corrected chi connectivity index (χ3v) is 17.2. The van der Waals surface area contributed by atoms with E-state index in [0.717, 1.165) is 57.6 Å². The minimum absolute atomic E-state index is 0. The van der Waals surface area contributed by atoms with Crippen molar-refractivity contribution < 1.29 is 36.8 Å². The van der Waals surface area contributed by atoms with Crippen LogP contribution >= 0.6 is 0 Å². The second-order valence-corrected chi connectivity index (χ2v) is 28.4. The molecule has 1 aliphatic heterocycles. The first-order chi connectivity index (χ1) is 42.5. The quantitative estimate of drug-likeness (QED) is 0.142. The van der Waals surface area contributed by atoms with Crippen LogP contribution in [0.4, 0.5) is 22.7 Å². The molecule has 0 unspecified atom stereocenters. The van der Waals surface area contributed by atoms with Gasteiger partial charge in [0.1, 0.15) is 5.82 Å². The molecular weight excluding hydrogens is 1200 g/mol. The molecule has 0 bridgehead atoms. The number of rotatable bonds is 8. The maximum Gasteiger partial charge on any atom is 0.135 e. The van der Waals surface area contributed by atoms with Crippen molar-refractivity contribution in [3.05, 3.63) is 222 Å². The first-order valence-electron chi connectivity index (χ1n) is 33.2. The van der Waals surface area contributed by atoms with Crippen LogP contribution in [-0.2, 0) is 53.6 Å². The van der Waals surface area contributed by atoms with Gasteiger partial charge in [-0.3, -0.25) is 0 Å². The maximum atomic E-state index is 10.3. The van der Waals surface area contributed by atoms with Crippen LogP contribution in [0.15, 0.2) is 170 Å². The van der Waals surface area contributed by atoms with E-state index in [1.54, 1.807) is 16.8 Å². The Bertz CT molecular complexity index is 4620. The van der Waals surface area contributed by atoms with E-state index in [2.05, 4.69) is 187 Å². The number of hydrogen-bond donors (Lipinski definition) is 0. The Morgan fingerprint density at radius 1 is 0.524 bits per heavy atom. The van der Waals surface area contributed by atoms with Gasteiger partial charge in [0.15, 0.2) is 0 Å². The molecule has 0 saturated carbocycles. The Morgan fingerprint density at radius 3 is 1.80 bits per heavy atom. The summed E-state index contributed by atoms with van der Waals surface area (Å²) in [7, 11) is 0. The molecule has 0 atom stereocenters. The molecule has 0 spiro atoms. The molecule has 0 saturated heterocycles. The molecular formula is C78H81N4OPt-3. The third kappa shape index (κ3) is 10.7. The number of nitrogens with zero attached hydrogens (tertiary/aromatic N) is 4. The van der Waals surface area contributed by atoms with Gasteiger partial charge < -0.3 is 19.1 Å². The molecule has 0 fully saturated rings. The van der Waals surface area contributed by atoms with E-state index in [9.17, 15) is 6.85 Å². The Labute approximate surface area is 526 Å². The van der Waals surface area contributed by atoms with Gasteiger partial charge in [-0.1, -0.05) is 207 Å². The maximum absolute atomic E-state index is 10.3. The van der Waals surface area contributed by atoms with Crippen molar-refractivity contribution in [1.82, 2.24) is 9.55 Å². The van der Waals surface area contributed by atoms with Crippen LogP contribution in [0, 0.1) is 18.8 Å². The molecule has 1 aliphatic carbocycles. The minimum Gasteiger partial charge on any atom is -0.509 e. The Kier molecular flexibility index (Phi) is 12.3. The number of benzene rings is 8. The number of hydrogen-bond acceptors (Lipinski definition) is 4. The van der Waals surface area contributed by atoms with Crippen LogP contribution in [0.25, 0.3) is 61.0 Å². The van der Waals surface area contributed by atoms with Crippen molar-refractivity contribution in [2.45, 2.75) is 156 Å². The third-order valence-electron chi connectivity index (χ3n) is 17.2. The van der Waals surface area contributed by atoms with Crippen molar-refractivity contribution in [2.24, 2.45) is 0 Å². The molecule has 0 radical (unpaired) electrons. The van der Waals surface area contributed by atoms with Crippen molar-refractivity contribution in [1.29, 1.82) is 0 Å². The van der Waals surface area contributed by atoms with Gasteiger partial charge in [-0.15, -0.1) is 48.1 Å². The molecule has 3 heterocycles. The molecule has 6 heteroatoms. The van der Waals surface area contributed by atoms with E-state index < -0.39 is 5.41 Å². The molecule has 0 N–H and O–H groups in total. The fourth-order valence-electron chi connectivity index (χ4n) is 12.1. The number of para-hydroxylation sites is 3. The van der Waals surface area contributed by atoms with Gasteiger partial charge in [-0.05, 0) is 149 Å². The number of aromatic nitrogens is 2. The predicted molar refractivity (Wildman–Crippen MR) is 351 cm³/mol. The van der Waals surface area contributed by atoms with E-state index in [4.69, 9.17) is 13.8 Å². The van der Waals surface area contributed by atoms with E-state index in [1.807, 2.05) is 61.3 Å². The summed E-state index contributed by atoms with van der Waals surface area (Å²) in [5, 5.41) is 0.929. The Balaban J connectivity index is 0.00000867. The summed E-state index contributed by atoms with van der Waals surface area (Å²) >= 11 is 0. The molecule has 8 aromatic carbocycles. The van der Waals surface area contributed by atoms with Gasteiger partial charge in [0.05, 0.1) is 11.0 Å². The summed E-state index contributed by atoms with van der Waals surface area (Å²) < 4.78 is 84.8. The van der Waals surface area contributed by atoms with E-state index in [0.29, 0.717) is 61.6 Å². The second-order valence-electron chi connectivity index (χ2n) is 28.4. The average molecular weight is 1290 g/mol. The number of ether oxygens (including phenoxy) is 1. The zero-order valence-electron chi connectivity index (χ0n) is 59.6. The molecule has 12 rings (SSSR count). The van der Waals surface area contributed by atoms with Gasteiger partial charge in [-0.25, -0.2) is 4.98 Å². The molecule has 2 aromatic heterocycles. The largest absolute Gasteiger partial charge is 0.509 e. The van der Waals surface area contributed by atoms with Crippen LogP contribution in [0.1, 0.15) is 168 Å². The fraction of sp³-hybridized carbons (Fsp3) is 0.308. The molecule has 432 valence electrons. The van der Waals surface area contributed by atoms with Gasteiger partial charge in [-0.2, -0.15) is 12.1 Å². The number of pyridine rings is 1. The van der Waals surface area contributed by atoms with Crippen molar-refractivity contribution in [2.75, 3.05) is 9.80 Å². The first-order valence-corrected chi connectivity index (χ1v) is 29.2. The topological polar surface area (TPSA) is 33.5 Å². The van der Waals surface area contributed by atoms with Crippen LogP contribution in [0.5, 0.6) is 11.5 Å². The zero-order chi connectivity index (χ0) is 65.7. The molecule has 10 aromatic rings.